The summed E-state index contributed by atoms with van der Waals surface area (Å²) in [5, 5.41) is 8.77. The van der Waals surface area contributed by atoms with Gasteiger partial charge < -0.3 is 14.8 Å². The van der Waals surface area contributed by atoms with Gasteiger partial charge in [-0.15, -0.1) is 0 Å². The molecule has 4 heterocycles. The van der Waals surface area contributed by atoms with E-state index < -0.39 is 0 Å². The second kappa shape index (κ2) is 7.25. The molecule has 0 amide bonds. The first-order chi connectivity index (χ1) is 12.8. The zero-order valence-electron chi connectivity index (χ0n) is 14.9. The fourth-order valence-electron chi connectivity index (χ4n) is 3.41. The molecule has 26 heavy (non-hydrogen) atoms. The van der Waals surface area contributed by atoms with E-state index in [0.717, 1.165) is 56.0 Å². The minimum absolute atomic E-state index is 0.0365. The average Bonchev–Trinajstić information content (AvgIpc) is 3.09. The summed E-state index contributed by atoms with van der Waals surface area (Å²) in [4.78, 5) is 23.8. The Bertz CT molecular complexity index is 956. The third-order valence-electron chi connectivity index (χ3n) is 4.71. The summed E-state index contributed by atoms with van der Waals surface area (Å²) in [6.45, 7) is 6.91. The number of hydrogen-bond donors (Lipinski definition) is 1. The second-order valence-electron chi connectivity index (χ2n) is 6.51. The van der Waals surface area contributed by atoms with Gasteiger partial charge in [0.2, 0.25) is 0 Å². The zero-order valence-corrected chi connectivity index (χ0v) is 14.9. The smallest absolute Gasteiger partial charge is 0.255 e. The van der Waals surface area contributed by atoms with Gasteiger partial charge in [0.25, 0.3) is 5.56 Å². The molecule has 0 aromatic carbocycles. The van der Waals surface area contributed by atoms with Gasteiger partial charge in [-0.25, -0.2) is 14.6 Å². The Kier molecular flexibility index (Phi) is 4.66. The molecule has 0 bridgehead atoms. The zero-order chi connectivity index (χ0) is 17.9. The van der Waals surface area contributed by atoms with Crippen LogP contribution in [0.3, 0.4) is 0 Å². The molecule has 1 aliphatic heterocycles. The summed E-state index contributed by atoms with van der Waals surface area (Å²) in [5.74, 6) is 0.916. The Hall–Kier alpha value is -2.74. The number of hydrogen-bond acceptors (Lipinski definition) is 6. The molecule has 1 saturated heterocycles. The van der Waals surface area contributed by atoms with E-state index >= 15 is 0 Å². The minimum atomic E-state index is 0.0365. The van der Waals surface area contributed by atoms with Crippen molar-refractivity contribution in [1.29, 1.82) is 0 Å². The third kappa shape index (κ3) is 3.08. The molecule has 3 aromatic rings. The molecular weight excluding hydrogens is 330 g/mol. The van der Waals surface area contributed by atoms with Crippen molar-refractivity contribution in [3.63, 3.8) is 0 Å². The monoisotopic (exact) mass is 353 g/mol. The molecule has 0 unspecified atom stereocenters. The van der Waals surface area contributed by atoms with E-state index in [-0.39, 0.29) is 5.56 Å². The van der Waals surface area contributed by atoms with Crippen molar-refractivity contribution in [2.24, 2.45) is 0 Å². The van der Waals surface area contributed by atoms with Gasteiger partial charge in [0.1, 0.15) is 12.1 Å². The van der Waals surface area contributed by atoms with E-state index in [0.29, 0.717) is 12.1 Å². The van der Waals surface area contributed by atoms with Crippen LogP contribution >= 0.6 is 0 Å². The van der Waals surface area contributed by atoms with Crippen LogP contribution in [0, 0.1) is 0 Å². The van der Waals surface area contributed by atoms with Crippen LogP contribution in [-0.2, 0) is 13.1 Å². The number of aromatic nitrogens is 5. The Balaban J connectivity index is 1.68. The molecule has 0 atom stereocenters. The molecule has 1 aliphatic rings. The van der Waals surface area contributed by atoms with Crippen LogP contribution in [0.15, 0.2) is 35.6 Å². The molecule has 4 rings (SSSR count). The number of anilines is 1. The van der Waals surface area contributed by atoms with Crippen LogP contribution in [-0.4, -0.2) is 50.5 Å². The molecule has 1 fully saturated rings. The largest absolute Gasteiger partial charge is 0.353 e. The summed E-state index contributed by atoms with van der Waals surface area (Å²) >= 11 is 0. The summed E-state index contributed by atoms with van der Waals surface area (Å²) in [6, 6.07) is 3.78. The van der Waals surface area contributed by atoms with E-state index in [4.69, 9.17) is 0 Å². The number of aryl methyl sites for hydroxylation is 1. The van der Waals surface area contributed by atoms with Crippen molar-refractivity contribution in [2.45, 2.75) is 26.4 Å². The van der Waals surface area contributed by atoms with Crippen molar-refractivity contribution in [2.75, 3.05) is 31.1 Å². The first-order valence-corrected chi connectivity index (χ1v) is 9.08. The van der Waals surface area contributed by atoms with E-state index in [1.54, 1.807) is 21.8 Å². The van der Waals surface area contributed by atoms with Crippen molar-refractivity contribution in [1.82, 2.24) is 29.6 Å². The van der Waals surface area contributed by atoms with Crippen molar-refractivity contribution >= 4 is 16.9 Å². The maximum atomic E-state index is 12.6. The lowest BCUT2D eigenvalue weighted by atomic mass is 10.2. The lowest BCUT2D eigenvalue weighted by Crippen LogP contribution is -2.44. The third-order valence-corrected chi connectivity index (χ3v) is 4.71. The number of piperazine rings is 1. The van der Waals surface area contributed by atoms with Crippen molar-refractivity contribution in [3.8, 4) is 0 Å². The van der Waals surface area contributed by atoms with E-state index in [9.17, 15) is 4.79 Å². The highest BCUT2D eigenvalue weighted by Crippen LogP contribution is 2.23. The Morgan fingerprint density at radius 2 is 2.08 bits per heavy atom. The number of fused-ring (bicyclic) bond motifs is 1. The first kappa shape index (κ1) is 16.7. The van der Waals surface area contributed by atoms with Gasteiger partial charge >= 0.3 is 0 Å². The average molecular weight is 353 g/mol. The standard InChI is InChI=1S/C18H23N7O/c1-2-7-24-8-3-4-14(18(24)26)12-25-17-15(11-22-25)16(20-13-21-17)23-9-5-19-6-10-23/h3-4,8,11,13,19H,2,5-7,9-10,12H2,1H3. The second-order valence-corrected chi connectivity index (χ2v) is 6.51. The van der Waals surface area contributed by atoms with E-state index in [1.165, 1.54) is 0 Å². The molecule has 0 radical (unpaired) electrons. The lowest BCUT2D eigenvalue weighted by Gasteiger charge is -2.28. The predicted octanol–water partition coefficient (Wildman–Crippen LogP) is 0.856. The molecule has 1 N–H and O–H groups in total. The summed E-state index contributed by atoms with van der Waals surface area (Å²) in [5.41, 5.74) is 1.52. The maximum absolute atomic E-state index is 12.6. The van der Waals surface area contributed by atoms with Crippen LogP contribution in [0.5, 0.6) is 0 Å². The van der Waals surface area contributed by atoms with Crippen LogP contribution in [0.2, 0.25) is 0 Å². The molecule has 0 aliphatic carbocycles. The van der Waals surface area contributed by atoms with Gasteiger partial charge in [-0.1, -0.05) is 13.0 Å². The van der Waals surface area contributed by atoms with E-state index in [1.807, 2.05) is 18.3 Å². The normalized spacial score (nSPS) is 14.9. The summed E-state index contributed by atoms with van der Waals surface area (Å²) < 4.78 is 3.54. The highest BCUT2D eigenvalue weighted by atomic mass is 16.1. The minimum Gasteiger partial charge on any atom is -0.353 e. The molecule has 8 nitrogen and oxygen atoms in total. The SMILES string of the molecule is CCCn1cccc(Cn2ncc3c(N4CCNCC4)ncnc32)c1=O. The van der Waals surface area contributed by atoms with Crippen LogP contribution in [0.1, 0.15) is 18.9 Å². The van der Waals surface area contributed by atoms with E-state index in [2.05, 4.69) is 32.2 Å². The van der Waals surface area contributed by atoms with Gasteiger partial charge in [0.05, 0.1) is 18.1 Å². The van der Waals surface area contributed by atoms with Crippen LogP contribution in [0.4, 0.5) is 5.82 Å². The molecular formula is C18H23N7O. The Labute approximate surface area is 151 Å². The van der Waals surface area contributed by atoms with Crippen molar-refractivity contribution < 1.29 is 0 Å². The molecule has 0 saturated carbocycles. The Morgan fingerprint density at radius 3 is 2.88 bits per heavy atom. The highest BCUT2D eigenvalue weighted by molar-refractivity contribution is 5.86. The number of pyridine rings is 1. The van der Waals surface area contributed by atoms with Crippen molar-refractivity contribution in [3.05, 3.63) is 46.8 Å². The van der Waals surface area contributed by atoms with Gasteiger partial charge in [0, 0.05) is 44.5 Å². The lowest BCUT2D eigenvalue weighted by molar-refractivity contribution is 0.586. The molecule has 3 aromatic heterocycles. The fourth-order valence-corrected chi connectivity index (χ4v) is 3.41. The van der Waals surface area contributed by atoms with Crippen LogP contribution in [0.25, 0.3) is 11.0 Å². The topological polar surface area (TPSA) is 80.9 Å². The number of rotatable bonds is 5. The van der Waals surface area contributed by atoms with Gasteiger partial charge in [-0.2, -0.15) is 5.10 Å². The highest BCUT2D eigenvalue weighted by Gasteiger charge is 2.18. The van der Waals surface area contributed by atoms with Crippen LogP contribution < -0.4 is 15.8 Å². The number of nitrogens with one attached hydrogen (secondary N) is 1. The first-order valence-electron chi connectivity index (χ1n) is 9.08. The number of nitrogens with zero attached hydrogens (tertiary/aromatic N) is 6. The van der Waals surface area contributed by atoms with Gasteiger partial charge in [-0.05, 0) is 12.5 Å². The quantitative estimate of drug-likeness (QED) is 0.733. The molecule has 8 heteroatoms. The van der Waals surface area contributed by atoms with Gasteiger partial charge in [-0.3, -0.25) is 4.79 Å². The summed E-state index contributed by atoms with van der Waals surface area (Å²) in [7, 11) is 0. The predicted molar refractivity (Wildman–Crippen MR) is 101 cm³/mol. The fraction of sp³-hybridized carbons (Fsp3) is 0.444. The summed E-state index contributed by atoms with van der Waals surface area (Å²) in [6.07, 6.45) is 6.15. The molecule has 0 spiro atoms. The molecule has 136 valence electrons. The van der Waals surface area contributed by atoms with Gasteiger partial charge in [0.15, 0.2) is 5.65 Å². The maximum Gasteiger partial charge on any atom is 0.255 e. The Morgan fingerprint density at radius 1 is 1.23 bits per heavy atom.